The van der Waals surface area contributed by atoms with Gasteiger partial charge in [0.05, 0.1) is 24.7 Å². The Morgan fingerprint density at radius 1 is 1.00 bits per heavy atom. The largest absolute Gasteiger partial charge is 0.487 e. The van der Waals surface area contributed by atoms with Gasteiger partial charge in [-0.05, 0) is 41.3 Å². The molecule has 3 aromatic heterocycles. The highest BCUT2D eigenvalue weighted by atomic mass is 32.1. The number of carbonyl (C=O) groups is 2. The fourth-order valence-corrected chi connectivity index (χ4v) is 4.33. The Labute approximate surface area is 222 Å². The summed E-state index contributed by atoms with van der Waals surface area (Å²) in [5.41, 5.74) is 3.10. The number of carbonyl (C=O) groups excluding carboxylic acids is 2. The zero-order chi connectivity index (χ0) is 26.3. The molecule has 0 amide bonds. The summed E-state index contributed by atoms with van der Waals surface area (Å²) in [5, 5.41) is 6.52. The lowest BCUT2D eigenvalue weighted by Gasteiger charge is -2.06. The van der Waals surface area contributed by atoms with Crippen molar-refractivity contribution in [3.8, 4) is 33.5 Å². The van der Waals surface area contributed by atoms with Crippen LogP contribution in [-0.2, 0) is 27.5 Å². The van der Waals surface area contributed by atoms with E-state index in [2.05, 4.69) is 14.8 Å². The molecule has 0 radical (unpaired) electrons. The highest BCUT2D eigenvalue weighted by Crippen LogP contribution is 2.32. The average Bonchev–Trinajstić information content (AvgIpc) is 3.70. The van der Waals surface area contributed by atoms with Crippen LogP contribution in [0.3, 0.4) is 0 Å². The van der Waals surface area contributed by atoms with E-state index in [0.29, 0.717) is 29.6 Å². The van der Waals surface area contributed by atoms with Crippen molar-refractivity contribution in [2.24, 2.45) is 0 Å². The number of rotatable bonds is 10. The number of methoxy groups -OCH3 is 1. The standard InChI is InChI=1S/C28H23N3O6S/c1-34-25(32)14-26(33)37-23-16-31(30-27(23)24-8-5-13-38-24)15-19-9-11-22(12-10-19)35-17-21-18-36-28(29-21)20-6-3-2-4-7-20/h2-13,16,18H,14-15,17H2,1H3. The van der Waals surface area contributed by atoms with E-state index < -0.39 is 18.4 Å². The van der Waals surface area contributed by atoms with Crippen LogP contribution < -0.4 is 9.47 Å². The quantitative estimate of drug-likeness (QED) is 0.176. The van der Waals surface area contributed by atoms with Gasteiger partial charge in [0.15, 0.2) is 5.75 Å². The Kier molecular flexibility index (Phi) is 7.60. The average molecular weight is 530 g/mol. The van der Waals surface area contributed by atoms with Crippen LogP contribution in [0.1, 0.15) is 17.7 Å². The van der Waals surface area contributed by atoms with E-state index in [0.717, 1.165) is 16.0 Å². The first-order valence-electron chi connectivity index (χ1n) is 11.7. The SMILES string of the molecule is COC(=O)CC(=O)Oc1cn(Cc2ccc(OCc3coc(-c4ccccc4)n3)cc2)nc1-c1cccs1. The molecule has 2 aromatic carbocycles. The van der Waals surface area contributed by atoms with Crippen LogP contribution in [-0.4, -0.2) is 33.8 Å². The molecule has 3 heterocycles. The van der Waals surface area contributed by atoms with Crippen LogP contribution in [0, 0.1) is 0 Å². The van der Waals surface area contributed by atoms with E-state index in [1.807, 2.05) is 72.1 Å². The lowest BCUT2D eigenvalue weighted by atomic mass is 10.2. The van der Waals surface area contributed by atoms with Gasteiger partial charge in [-0.2, -0.15) is 5.10 Å². The third-order valence-corrected chi connectivity index (χ3v) is 6.33. The van der Waals surface area contributed by atoms with Gasteiger partial charge >= 0.3 is 11.9 Å². The fourth-order valence-electron chi connectivity index (χ4n) is 3.61. The van der Waals surface area contributed by atoms with Crippen molar-refractivity contribution in [2.75, 3.05) is 7.11 Å². The van der Waals surface area contributed by atoms with Gasteiger partial charge in [-0.3, -0.25) is 14.3 Å². The maximum absolute atomic E-state index is 12.2. The molecule has 0 atom stereocenters. The lowest BCUT2D eigenvalue weighted by Crippen LogP contribution is -2.14. The van der Waals surface area contributed by atoms with Crippen LogP contribution in [0.2, 0.25) is 0 Å². The van der Waals surface area contributed by atoms with Crippen molar-refractivity contribution in [3.05, 3.63) is 95.8 Å². The second-order valence-electron chi connectivity index (χ2n) is 8.19. The number of aromatic nitrogens is 3. The molecule has 0 fully saturated rings. The predicted octanol–water partition coefficient (Wildman–Crippen LogP) is 5.36. The van der Waals surface area contributed by atoms with Gasteiger partial charge in [-0.25, -0.2) is 4.98 Å². The molecule has 0 bridgehead atoms. The summed E-state index contributed by atoms with van der Waals surface area (Å²) in [6.45, 7) is 0.718. The summed E-state index contributed by atoms with van der Waals surface area (Å²) in [4.78, 5) is 28.9. The maximum Gasteiger partial charge on any atom is 0.322 e. The van der Waals surface area contributed by atoms with Crippen molar-refractivity contribution >= 4 is 23.3 Å². The van der Waals surface area contributed by atoms with Crippen molar-refractivity contribution < 1.29 is 28.2 Å². The molecular weight excluding hydrogens is 506 g/mol. The summed E-state index contributed by atoms with van der Waals surface area (Å²) in [6, 6.07) is 21.1. The second kappa shape index (κ2) is 11.6. The summed E-state index contributed by atoms with van der Waals surface area (Å²) >= 11 is 1.47. The second-order valence-corrected chi connectivity index (χ2v) is 9.13. The van der Waals surface area contributed by atoms with Crippen LogP contribution in [0.4, 0.5) is 0 Å². The molecular formula is C28H23N3O6S. The van der Waals surface area contributed by atoms with Gasteiger partial charge in [-0.15, -0.1) is 11.3 Å². The van der Waals surface area contributed by atoms with E-state index in [1.54, 1.807) is 17.1 Å². The molecule has 5 aromatic rings. The number of oxazole rings is 1. The van der Waals surface area contributed by atoms with Crippen molar-refractivity contribution in [1.29, 1.82) is 0 Å². The van der Waals surface area contributed by atoms with E-state index in [4.69, 9.17) is 13.9 Å². The molecule has 38 heavy (non-hydrogen) atoms. The molecule has 5 rings (SSSR count). The Morgan fingerprint density at radius 3 is 2.55 bits per heavy atom. The first-order valence-corrected chi connectivity index (χ1v) is 12.6. The minimum atomic E-state index is -0.710. The molecule has 0 aliphatic heterocycles. The topological polar surface area (TPSA) is 106 Å². The monoisotopic (exact) mass is 529 g/mol. The summed E-state index contributed by atoms with van der Waals surface area (Å²) < 4.78 is 23.1. The summed E-state index contributed by atoms with van der Waals surface area (Å²) in [5.74, 6) is 0.149. The Bertz CT molecular complexity index is 1510. The minimum absolute atomic E-state index is 0.277. The van der Waals surface area contributed by atoms with E-state index in [9.17, 15) is 9.59 Å². The number of esters is 2. The summed E-state index contributed by atoms with van der Waals surface area (Å²) in [7, 11) is 1.22. The molecule has 10 heteroatoms. The maximum atomic E-state index is 12.2. The third-order valence-electron chi connectivity index (χ3n) is 5.45. The highest BCUT2D eigenvalue weighted by molar-refractivity contribution is 7.13. The number of ether oxygens (including phenoxy) is 3. The normalized spacial score (nSPS) is 10.8. The first-order chi connectivity index (χ1) is 18.6. The zero-order valence-electron chi connectivity index (χ0n) is 20.4. The molecule has 0 aliphatic carbocycles. The Hall–Kier alpha value is -4.70. The lowest BCUT2D eigenvalue weighted by molar-refractivity contribution is -0.148. The smallest absolute Gasteiger partial charge is 0.322 e. The number of hydrogen-bond donors (Lipinski definition) is 0. The highest BCUT2D eigenvalue weighted by Gasteiger charge is 2.19. The van der Waals surface area contributed by atoms with E-state index in [1.165, 1.54) is 18.4 Å². The van der Waals surface area contributed by atoms with Crippen molar-refractivity contribution in [2.45, 2.75) is 19.6 Å². The number of benzene rings is 2. The third kappa shape index (κ3) is 6.16. The molecule has 0 N–H and O–H groups in total. The summed E-state index contributed by atoms with van der Waals surface area (Å²) in [6.07, 6.45) is 2.76. The molecule has 192 valence electrons. The van der Waals surface area contributed by atoms with Gasteiger partial charge in [0.1, 0.15) is 36.4 Å². The van der Waals surface area contributed by atoms with Crippen LogP contribution >= 0.6 is 11.3 Å². The van der Waals surface area contributed by atoms with E-state index >= 15 is 0 Å². The molecule has 0 spiro atoms. The van der Waals surface area contributed by atoms with Crippen LogP contribution in [0.5, 0.6) is 11.5 Å². The Balaban J connectivity index is 1.23. The molecule has 0 unspecified atom stereocenters. The van der Waals surface area contributed by atoms with Crippen molar-refractivity contribution in [1.82, 2.24) is 14.8 Å². The minimum Gasteiger partial charge on any atom is -0.487 e. The molecule has 0 saturated heterocycles. The van der Waals surface area contributed by atoms with Gasteiger partial charge in [-0.1, -0.05) is 36.4 Å². The van der Waals surface area contributed by atoms with Gasteiger partial charge in [0.25, 0.3) is 0 Å². The van der Waals surface area contributed by atoms with Gasteiger partial charge in [0, 0.05) is 5.56 Å². The first kappa shape index (κ1) is 25.0. The van der Waals surface area contributed by atoms with Crippen LogP contribution in [0.25, 0.3) is 22.0 Å². The Morgan fingerprint density at radius 2 is 1.82 bits per heavy atom. The van der Waals surface area contributed by atoms with E-state index in [-0.39, 0.29) is 12.4 Å². The number of hydrogen-bond acceptors (Lipinski definition) is 9. The van der Waals surface area contributed by atoms with Crippen LogP contribution in [0.15, 0.2) is 89.0 Å². The molecule has 0 saturated carbocycles. The fraction of sp³-hybridized carbons (Fsp3) is 0.143. The number of nitrogens with zero attached hydrogens (tertiary/aromatic N) is 3. The van der Waals surface area contributed by atoms with Crippen molar-refractivity contribution in [3.63, 3.8) is 0 Å². The molecule has 9 nitrogen and oxygen atoms in total. The van der Waals surface area contributed by atoms with Gasteiger partial charge < -0.3 is 18.6 Å². The predicted molar refractivity (Wildman–Crippen MR) is 140 cm³/mol. The van der Waals surface area contributed by atoms with Gasteiger partial charge in [0.2, 0.25) is 5.89 Å². The molecule has 0 aliphatic rings. The zero-order valence-corrected chi connectivity index (χ0v) is 21.2. The number of thiophene rings is 1.